The van der Waals surface area contributed by atoms with Crippen LogP contribution in [0.4, 0.5) is 0 Å². The van der Waals surface area contributed by atoms with Crippen molar-refractivity contribution in [1.82, 2.24) is 0 Å². The molecule has 1 unspecified atom stereocenters. The molecular weight excluding hydrogens is 200 g/mol. The van der Waals surface area contributed by atoms with Crippen LogP contribution in [0, 0.1) is 23.7 Å². The van der Waals surface area contributed by atoms with E-state index in [1.165, 1.54) is 25.7 Å². The minimum absolute atomic E-state index is 0.102. The van der Waals surface area contributed by atoms with Gasteiger partial charge in [-0.25, -0.2) is 0 Å². The lowest BCUT2D eigenvalue weighted by atomic mass is 9.84. The smallest absolute Gasteiger partial charge is 0.162 e. The maximum absolute atomic E-state index is 6.14. The van der Waals surface area contributed by atoms with Crippen molar-refractivity contribution in [2.75, 3.05) is 0 Å². The van der Waals surface area contributed by atoms with Gasteiger partial charge in [0.2, 0.25) is 0 Å². The van der Waals surface area contributed by atoms with E-state index in [1.807, 2.05) is 0 Å². The summed E-state index contributed by atoms with van der Waals surface area (Å²) in [5.41, 5.74) is 0. The molecular formula is C14H20O2. The van der Waals surface area contributed by atoms with Gasteiger partial charge in [-0.1, -0.05) is 19.1 Å². The molecule has 1 heterocycles. The molecule has 16 heavy (non-hydrogen) atoms. The molecule has 2 heteroatoms. The average Bonchev–Trinajstić information content (AvgIpc) is 2.92. The highest BCUT2D eigenvalue weighted by Crippen LogP contribution is 2.52. The van der Waals surface area contributed by atoms with E-state index in [0.717, 1.165) is 17.8 Å². The van der Waals surface area contributed by atoms with E-state index in [0.29, 0.717) is 18.1 Å². The van der Waals surface area contributed by atoms with Gasteiger partial charge >= 0.3 is 0 Å². The van der Waals surface area contributed by atoms with Gasteiger partial charge in [-0.05, 0) is 43.4 Å². The molecule has 2 bridgehead atoms. The van der Waals surface area contributed by atoms with Gasteiger partial charge in [0, 0.05) is 5.92 Å². The molecule has 3 fully saturated rings. The number of hydrogen-bond acceptors (Lipinski definition) is 2. The summed E-state index contributed by atoms with van der Waals surface area (Å²) in [7, 11) is 0. The Kier molecular flexibility index (Phi) is 2.01. The first kappa shape index (κ1) is 9.67. The van der Waals surface area contributed by atoms with E-state index in [4.69, 9.17) is 9.47 Å². The van der Waals surface area contributed by atoms with E-state index < -0.39 is 0 Å². The van der Waals surface area contributed by atoms with Crippen LogP contribution in [0.15, 0.2) is 12.2 Å². The average molecular weight is 220 g/mol. The van der Waals surface area contributed by atoms with Crippen LogP contribution < -0.4 is 0 Å². The van der Waals surface area contributed by atoms with Crippen LogP contribution in [0.2, 0.25) is 0 Å². The Bertz CT molecular complexity index is 313. The summed E-state index contributed by atoms with van der Waals surface area (Å²) in [5.74, 6) is 2.89. The number of rotatable bonds is 1. The molecule has 0 aromatic carbocycles. The predicted molar refractivity (Wildman–Crippen MR) is 60.8 cm³/mol. The minimum atomic E-state index is 0.102. The third kappa shape index (κ3) is 1.20. The van der Waals surface area contributed by atoms with Crippen molar-refractivity contribution in [3.63, 3.8) is 0 Å². The van der Waals surface area contributed by atoms with Crippen molar-refractivity contribution in [2.24, 2.45) is 23.7 Å². The molecule has 0 N–H and O–H groups in total. The lowest BCUT2D eigenvalue weighted by Crippen LogP contribution is -2.31. The van der Waals surface area contributed by atoms with Gasteiger partial charge in [0.15, 0.2) is 6.29 Å². The van der Waals surface area contributed by atoms with Crippen molar-refractivity contribution in [2.45, 2.75) is 51.1 Å². The normalized spacial score (nSPS) is 58.4. The molecule has 0 aromatic rings. The fraction of sp³-hybridized carbons (Fsp3) is 0.857. The number of ether oxygens (including phenoxy) is 2. The Balaban J connectivity index is 1.53. The standard InChI is InChI=1S/C14H20O2/c1-8-9-5-6-10(7-9)13(8)14-15-11-3-2-4-12(11)16-14/h5-6,8-14H,2-4,7H2,1H3/t8-,9+,10-,11-,12+,13+,14?/m0/s1. The molecule has 2 saturated carbocycles. The van der Waals surface area contributed by atoms with Gasteiger partial charge in [0.05, 0.1) is 12.2 Å². The second-order valence-corrected chi connectivity index (χ2v) is 6.03. The van der Waals surface area contributed by atoms with E-state index in [1.54, 1.807) is 0 Å². The van der Waals surface area contributed by atoms with Crippen molar-refractivity contribution in [3.05, 3.63) is 12.2 Å². The number of fused-ring (bicyclic) bond motifs is 3. The summed E-state index contributed by atoms with van der Waals surface area (Å²) in [5, 5.41) is 0. The highest BCUT2D eigenvalue weighted by atomic mass is 16.7. The summed E-state index contributed by atoms with van der Waals surface area (Å²) >= 11 is 0. The molecule has 4 rings (SSSR count). The first-order valence-electron chi connectivity index (χ1n) is 6.82. The van der Waals surface area contributed by atoms with Gasteiger partial charge in [-0.15, -0.1) is 0 Å². The van der Waals surface area contributed by atoms with Crippen LogP contribution in [0.1, 0.15) is 32.6 Å². The highest BCUT2D eigenvalue weighted by Gasteiger charge is 2.51. The van der Waals surface area contributed by atoms with Crippen LogP contribution in [-0.2, 0) is 9.47 Å². The van der Waals surface area contributed by atoms with Crippen LogP contribution in [-0.4, -0.2) is 18.5 Å². The highest BCUT2D eigenvalue weighted by molar-refractivity contribution is 5.13. The van der Waals surface area contributed by atoms with Crippen LogP contribution in [0.3, 0.4) is 0 Å². The number of hydrogen-bond donors (Lipinski definition) is 0. The fourth-order valence-corrected chi connectivity index (χ4v) is 4.32. The zero-order valence-electron chi connectivity index (χ0n) is 9.84. The van der Waals surface area contributed by atoms with Crippen LogP contribution >= 0.6 is 0 Å². The summed E-state index contributed by atoms with van der Waals surface area (Å²) < 4.78 is 12.3. The molecule has 0 spiro atoms. The van der Waals surface area contributed by atoms with Gasteiger partial charge in [-0.3, -0.25) is 0 Å². The van der Waals surface area contributed by atoms with E-state index in [2.05, 4.69) is 19.1 Å². The third-order valence-corrected chi connectivity index (χ3v) is 5.25. The van der Waals surface area contributed by atoms with Gasteiger partial charge in [-0.2, -0.15) is 0 Å². The topological polar surface area (TPSA) is 18.5 Å². The van der Waals surface area contributed by atoms with E-state index in [9.17, 15) is 0 Å². The second kappa shape index (κ2) is 3.33. The molecule has 7 atom stereocenters. The molecule has 0 radical (unpaired) electrons. The molecule has 1 saturated heterocycles. The third-order valence-electron chi connectivity index (χ3n) is 5.25. The monoisotopic (exact) mass is 220 g/mol. The maximum atomic E-state index is 6.14. The molecule has 88 valence electrons. The van der Waals surface area contributed by atoms with Gasteiger partial charge in [0.25, 0.3) is 0 Å². The summed E-state index contributed by atoms with van der Waals surface area (Å²) in [6.45, 7) is 2.37. The number of allylic oxidation sites excluding steroid dienone is 2. The van der Waals surface area contributed by atoms with Crippen molar-refractivity contribution in [3.8, 4) is 0 Å². The lowest BCUT2D eigenvalue weighted by Gasteiger charge is -2.29. The first-order valence-corrected chi connectivity index (χ1v) is 6.82. The van der Waals surface area contributed by atoms with Gasteiger partial charge in [0.1, 0.15) is 0 Å². The SMILES string of the molecule is C[C@@H]1[C@@H](C2O[C@H]3CCC[C@H]3O2)[C@H]2C=C[C@@H]1C2. The quantitative estimate of drug-likeness (QED) is 0.633. The van der Waals surface area contributed by atoms with Crippen LogP contribution in [0.5, 0.6) is 0 Å². The lowest BCUT2D eigenvalue weighted by molar-refractivity contribution is -0.125. The molecule has 3 aliphatic carbocycles. The van der Waals surface area contributed by atoms with E-state index in [-0.39, 0.29) is 6.29 Å². The largest absolute Gasteiger partial charge is 0.346 e. The maximum Gasteiger partial charge on any atom is 0.162 e. The van der Waals surface area contributed by atoms with E-state index >= 15 is 0 Å². The summed E-state index contributed by atoms with van der Waals surface area (Å²) in [4.78, 5) is 0. The minimum Gasteiger partial charge on any atom is -0.346 e. The molecule has 0 amide bonds. The van der Waals surface area contributed by atoms with Crippen molar-refractivity contribution >= 4 is 0 Å². The Labute approximate surface area is 97.0 Å². The Hall–Kier alpha value is -0.340. The Morgan fingerprint density at radius 2 is 1.69 bits per heavy atom. The summed E-state index contributed by atoms with van der Waals surface area (Å²) in [6.07, 6.45) is 10.8. The van der Waals surface area contributed by atoms with Crippen molar-refractivity contribution in [1.29, 1.82) is 0 Å². The summed E-state index contributed by atoms with van der Waals surface area (Å²) in [6, 6.07) is 0. The zero-order valence-corrected chi connectivity index (χ0v) is 9.84. The fourth-order valence-electron chi connectivity index (χ4n) is 4.32. The Morgan fingerprint density at radius 1 is 1.00 bits per heavy atom. The van der Waals surface area contributed by atoms with Gasteiger partial charge < -0.3 is 9.47 Å². The zero-order chi connectivity index (χ0) is 10.7. The molecule has 0 aromatic heterocycles. The molecule has 1 aliphatic heterocycles. The molecule has 2 nitrogen and oxygen atoms in total. The second-order valence-electron chi connectivity index (χ2n) is 6.03. The van der Waals surface area contributed by atoms with Crippen molar-refractivity contribution < 1.29 is 9.47 Å². The molecule has 4 aliphatic rings. The Morgan fingerprint density at radius 3 is 2.31 bits per heavy atom. The predicted octanol–water partition coefficient (Wildman–Crippen LogP) is 2.74. The first-order chi connectivity index (χ1) is 7.83. The van der Waals surface area contributed by atoms with Crippen LogP contribution in [0.25, 0.3) is 0 Å².